The Bertz CT molecular complexity index is 562. The van der Waals surface area contributed by atoms with Crippen molar-refractivity contribution in [3.63, 3.8) is 0 Å². The Morgan fingerprint density at radius 1 is 1.33 bits per heavy atom. The third kappa shape index (κ3) is 2.57. The lowest BCUT2D eigenvalue weighted by Gasteiger charge is -2.06. The van der Waals surface area contributed by atoms with Gasteiger partial charge in [-0.25, -0.2) is 9.97 Å². The summed E-state index contributed by atoms with van der Waals surface area (Å²) in [7, 11) is 0. The molecule has 0 unspecified atom stereocenters. The minimum atomic E-state index is -0.866. The predicted octanol–water partition coefficient (Wildman–Crippen LogP) is 2.14. The standard InChI is InChI=1S/C11H9FN4O2/c12-9-2-1-3-10(11(9)16(17)18)15-6-8-4-13-7-14-5-8/h1-5,7,15H,6H2. The molecule has 1 N–H and O–H groups in total. The van der Waals surface area contributed by atoms with Crippen molar-refractivity contribution in [1.82, 2.24) is 9.97 Å². The summed E-state index contributed by atoms with van der Waals surface area (Å²) in [6, 6.07) is 3.91. The first-order chi connectivity index (χ1) is 8.68. The fourth-order valence-corrected chi connectivity index (χ4v) is 1.46. The van der Waals surface area contributed by atoms with E-state index in [0.29, 0.717) is 0 Å². The van der Waals surface area contributed by atoms with Gasteiger partial charge in [0.15, 0.2) is 0 Å². The van der Waals surface area contributed by atoms with Gasteiger partial charge in [-0.3, -0.25) is 10.1 Å². The molecule has 1 heterocycles. The number of nitro benzene ring substituents is 1. The normalized spacial score (nSPS) is 10.1. The topological polar surface area (TPSA) is 81.0 Å². The lowest BCUT2D eigenvalue weighted by Crippen LogP contribution is -2.04. The number of hydrogen-bond donors (Lipinski definition) is 1. The van der Waals surface area contributed by atoms with Crippen molar-refractivity contribution in [2.24, 2.45) is 0 Å². The Balaban J connectivity index is 2.20. The van der Waals surface area contributed by atoms with E-state index in [0.717, 1.165) is 11.6 Å². The van der Waals surface area contributed by atoms with Gasteiger partial charge >= 0.3 is 5.69 Å². The van der Waals surface area contributed by atoms with Crippen LogP contribution in [0.4, 0.5) is 15.8 Å². The van der Waals surface area contributed by atoms with E-state index < -0.39 is 16.4 Å². The molecule has 1 aromatic carbocycles. The molecule has 0 bridgehead atoms. The summed E-state index contributed by atoms with van der Waals surface area (Å²) in [6.07, 6.45) is 4.53. The van der Waals surface area contributed by atoms with E-state index in [1.165, 1.54) is 18.5 Å². The first-order valence-electron chi connectivity index (χ1n) is 5.09. The van der Waals surface area contributed by atoms with Crippen LogP contribution in [0.1, 0.15) is 5.56 Å². The number of nitro groups is 1. The van der Waals surface area contributed by atoms with Crippen molar-refractivity contribution >= 4 is 11.4 Å². The molecule has 2 rings (SSSR count). The summed E-state index contributed by atoms with van der Waals surface area (Å²) >= 11 is 0. The van der Waals surface area contributed by atoms with Gasteiger partial charge in [0.2, 0.25) is 5.82 Å². The van der Waals surface area contributed by atoms with Crippen LogP contribution in [0.3, 0.4) is 0 Å². The predicted molar refractivity (Wildman–Crippen MR) is 62.4 cm³/mol. The SMILES string of the molecule is O=[N+]([O-])c1c(F)cccc1NCc1cncnc1. The van der Waals surface area contributed by atoms with Crippen molar-refractivity contribution in [1.29, 1.82) is 0 Å². The molecule has 0 saturated carbocycles. The lowest BCUT2D eigenvalue weighted by molar-refractivity contribution is -0.386. The maximum Gasteiger partial charge on any atom is 0.327 e. The number of halogens is 1. The number of aromatic nitrogens is 2. The summed E-state index contributed by atoms with van der Waals surface area (Å²) in [5.41, 5.74) is 0.314. The van der Waals surface area contributed by atoms with Gasteiger partial charge < -0.3 is 5.32 Å². The molecule has 0 saturated heterocycles. The van der Waals surface area contributed by atoms with Gasteiger partial charge in [-0.1, -0.05) is 6.07 Å². The first kappa shape index (κ1) is 11.9. The van der Waals surface area contributed by atoms with Crippen LogP contribution in [0.2, 0.25) is 0 Å². The van der Waals surface area contributed by atoms with Crippen LogP contribution in [-0.4, -0.2) is 14.9 Å². The second-order valence-corrected chi connectivity index (χ2v) is 3.49. The molecule has 0 amide bonds. The van der Waals surface area contributed by atoms with Gasteiger partial charge in [-0.15, -0.1) is 0 Å². The number of rotatable bonds is 4. The van der Waals surface area contributed by atoms with Gasteiger partial charge in [-0.05, 0) is 12.1 Å². The van der Waals surface area contributed by atoms with E-state index in [2.05, 4.69) is 15.3 Å². The molecule has 1 aromatic heterocycles. The van der Waals surface area contributed by atoms with Crippen molar-refractivity contribution in [2.45, 2.75) is 6.54 Å². The Morgan fingerprint density at radius 3 is 2.72 bits per heavy atom. The van der Waals surface area contributed by atoms with E-state index in [9.17, 15) is 14.5 Å². The summed E-state index contributed by atoms with van der Waals surface area (Å²) < 4.78 is 13.3. The Hall–Kier alpha value is -2.57. The Labute approximate surface area is 102 Å². The zero-order valence-corrected chi connectivity index (χ0v) is 9.21. The number of benzene rings is 1. The third-order valence-electron chi connectivity index (χ3n) is 2.27. The van der Waals surface area contributed by atoms with Crippen molar-refractivity contribution in [3.05, 3.63) is 58.4 Å². The molecule has 0 aliphatic rings. The molecular weight excluding hydrogens is 239 g/mol. The van der Waals surface area contributed by atoms with E-state index in [1.54, 1.807) is 12.4 Å². The van der Waals surface area contributed by atoms with E-state index in [-0.39, 0.29) is 12.2 Å². The third-order valence-corrected chi connectivity index (χ3v) is 2.27. The molecule has 7 heteroatoms. The minimum Gasteiger partial charge on any atom is -0.375 e. The van der Waals surface area contributed by atoms with Crippen LogP contribution in [0.15, 0.2) is 36.9 Å². The zero-order chi connectivity index (χ0) is 13.0. The van der Waals surface area contributed by atoms with Crippen LogP contribution in [0.25, 0.3) is 0 Å². The molecule has 0 atom stereocenters. The molecule has 0 radical (unpaired) electrons. The monoisotopic (exact) mass is 248 g/mol. The Morgan fingerprint density at radius 2 is 2.06 bits per heavy atom. The first-order valence-corrected chi connectivity index (χ1v) is 5.09. The summed E-state index contributed by atoms with van der Waals surface area (Å²) in [5, 5.41) is 13.5. The highest BCUT2D eigenvalue weighted by Gasteiger charge is 2.19. The molecule has 0 spiro atoms. The minimum absolute atomic E-state index is 0.129. The molecule has 18 heavy (non-hydrogen) atoms. The van der Waals surface area contributed by atoms with E-state index in [4.69, 9.17) is 0 Å². The van der Waals surface area contributed by atoms with Crippen LogP contribution < -0.4 is 5.32 Å². The molecule has 92 valence electrons. The van der Waals surface area contributed by atoms with Crippen LogP contribution in [-0.2, 0) is 6.54 Å². The molecule has 2 aromatic rings. The highest BCUT2D eigenvalue weighted by Crippen LogP contribution is 2.27. The smallest absolute Gasteiger partial charge is 0.327 e. The van der Waals surface area contributed by atoms with Crippen LogP contribution >= 0.6 is 0 Å². The van der Waals surface area contributed by atoms with Crippen molar-refractivity contribution in [3.8, 4) is 0 Å². The number of hydrogen-bond acceptors (Lipinski definition) is 5. The number of nitrogens with one attached hydrogen (secondary N) is 1. The second-order valence-electron chi connectivity index (χ2n) is 3.49. The second kappa shape index (κ2) is 5.17. The van der Waals surface area contributed by atoms with Gasteiger partial charge in [0, 0.05) is 24.5 Å². The summed E-state index contributed by atoms with van der Waals surface area (Å²) in [5.74, 6) is -0.866. The van der Waals surface area contributed by atoms with Gasteiger partial charge in [-0.2, -0.15) is 4.39 Å². The number of anilines is 1. The highest BCUT2D eigenvalue weighted by atomic mass is 19.1. The molecular formula is C11H9FN4O2. The fraction of sp³-hybridized carbons (Fsp3) is 0.0909. The fourth-order valence-electron chi connectivity index (χ4n) is 1.46. The molecule has 6 nitrogen and oxygen atoms in total. The van der Waals surface area contributed by atoms with Crippen LogP contribution in [0, 0.1) is 15.9 Å². The van der Waals surface area contributed by atoms with Crippen molar-refractivity contribution in [2.75, 3.05) is 5.32 Å². The van der Waals surface area contributed by atoms with Crippen LogP contribution in [0.5, 0.6) is 0 Å². The van der Waals surface area contributed by atoms with Gasteiger partial charge in [0.25, 0.3) is 0 Å². The largest absolute Gasteiger partial charge is 0.375 e. The molecule has 0 aliphatic heterocycles. The lowest BCUT2D eigenvalue weighted by atomic mass is 10.2. The number of nitrogens with zero attached hydrogens (tertiary/aromatic N) is 3. The van der Waals surface area contributed by atoms with E-state index in [1.807, 2.05) is 0 Å². The zero-order valence-electron chi connectivity index (χ0n) is 9.21. The summed E-state index contributed by atoms with van der Waals surface area (Å²) in [4.78, 5) is 17.6. The maximum atomic E-state index is 13.3. The van der Waals surface area contributed by atoms with Crippen molar-refractivity contribution < 1.29 is 9.31 Å². The Kier molecular flexibility index (Phi) is 3.42. The average Bonchev–Trinajstić information content (AvgIpc) is 2.37. The molecule has 0 aliphatic carbocycles. The van der Waals surface area contributed by atoms with Gasteiger partial charge in [0.05, 0.1) is 4.92 Å². The average molecular weight is 248 g/mol. The van der Waals surface area contributed by atoms with E-state index >= 15 is 0 Å². The maximum absolute atomic E-state index is 13.3. The quantitative estimate of drug-likeness (QED) is 0.662. The summed E-state index contributed by atoms with van der Waals surface area (Å²) in [6.45, 7) is 0.283. The number of para-hydroxylation sites is 1. The molecule has 0 fully saturated rings. The highest BCUT2D eigenvalue weighted by molar-refractivity contribution is 5.61. The van der Waals surface area contributed by atoms with Gasteiger partial charge in [0.1, 0.15) is 12.0 Å².